The molecule has 4 heteroatoms. The van der Waals surface area contributed by atoms with Crippen molar-refractivity contribution < 1.29 is 10.2 Å². The van der Waals surface area contributed by atoms with Crippen LogP contribution in [0.5, 0.6) is 0 Å². The fourth-order valence-electron chi connectivity index (χ4n) is 3.73. The molecule has 2 aliphatic heterocycles. The van der Waals surface area contributed by atoms with Gasteiger partial charge in [-0.05, 0) is 51.7 Å². The molecule has 2 atom stereocenters. The van der Waals surface area contributed by atoms with Crippen LogP contribution in [0.3, 0.4) is 0 Å². The van der Waals surface area contributed by atoms with E-state index in [0.29, 0.717) is 6.04 Å². The van der Waals surface area contributed by atoms with Crippen molar-refractivity contribution in [2.24, 2.45) is 0 Å². The van der Waals surface area contributed by atoms with Gasteiger partial charge in [-0.25, -0.2) is 0 Å². The molecular formula is C15H30N2O2. The van der Waals surface area contributed by atoms with E-state index in [1.165, 1.54) is 19.3 Å². The molecule has 2 heterocycles. The summed E-state index contributed by atoms with van der Waals surface area (Å²) in [5.41, 5.74) is -0.542. The molecule has 0 saturated carbocycles. The fourth-order valence-corrected chi connectivity index (χ4v) is 3.73. The number of likely N-dealkylation sites (N-methyl/N-ethyl adjacent to an activating group) is 1. The number of β-amino-alcohol motifs (C(OH)–C–C–N with tert-alkyl or cyclic N) is 1. The monoisotopic (exact) mass is 270 g/mol. The molecule has 0 radical (unpaired) electrons. The lowest BCUT2D eigenvalue weighted by molar-refractivity contribution is -0.0656. The summed E-state index contributed by atoms with van der Waals surface area (Å²) in [5, 5.41) is 20.1. The molecule has 0 amide bonds. The Hall–Kier alpha value is -0.160. The highest BCUT2D eigenvalue weighted by molar-refractivity contribution is 4.92. The fraction of sp³-hybridized carbons (Fsp3) is 1.00. The third-order valence-electron chi connectivity index (χ3n) is 4.79. The van der Waals surface area contributed by atoms with Crippen LogP contribution in [0.2, 0.25) is 0 Å². The second kappa shape index (κ2) is 7.02. The van der Waals surface area contributed by atoms with Crippen LogP contribution in [-0.4, -0.2) is 71.0 Å². The molecule has 0 aromatic carbocycles. The number of hydrogen-bond acceptors (Lipinski definition) is 4. The van der Waals surface area contributed by atoms with Crippen LogP contribution in [0.1, 0.15) is 45.4 Å². The van der Waals surface area contributed by atoms with E-state index in [9.17, 15) is 10.2 Å². The van der Waals surface area contributed by atoms with Gasteiger partial charge in [0, 0.05) is 25.7 Å². The Labute approximate surface area is 117 Å². The third-order valence-corrected chi connectivity index (χ3v) is 4.79. The van der Waals surface area contributed by atoms with Gasteiger partial charge in [0.25, 0.3) is 0 Å². The molecule has 19 heavy (non-hydrogen) atoms. The summed E-state index contributed by atoms with van der Waals surface area (Å²) < 4.78 is 0. The van der Waals surface area contributed by atoms with Gasteiger partial charge in [0.05, 0.1) is 5.60 Å². The van der Waals surface area contributed by atoms with Crippen molar-refractivity contribution in [1.29, 1.82) is 0 Å². The van der Waals surface area contributed by atoms with E-state index in [0.717, 1.165) is 52.0 Å². The Morgan fingerprint density at radius 3 is 2.79 bits per heavy atom. The molecule has 112 valence electrons. The lowest BCUT2D eigenvalue weighted by Crippen LogP contribution is -2.56. The molecule has 0 bridgehead atoms. The first kappa shape index (κ1) is 15.2. The van der Waals surface area contributed by atoms with Gasteiger partial charge in [0.15, 0.2) is 0 Å². The molecule has 2 N–H and O–H groups in total. The summed E-state index contributed by atoms with van der Waals surface area (Å²) in [4.78, 5) is 4.79. The Morgan fingerprint density at radius 1 is 1.21 bits per heavy atom. The van der Waals surface area contributed by atoms with Crippen molar-refractivity contribution in [3.8, 4) is 0 Å². The van der Waals surface area contributed by atoms with E-state index >= 15 is 0 Å². The third kappa shape index (κ3) is 4.15. The average Bonchev–Trinajstić information content (AvgIpc) is 2.41. The normalized spacial score (nSPS) is 34.6. The van der Waals surface area contributed by atoms with Gasteiger partial charge in [-0.3, -0.25) is 4.90 Å². The van der Waals surface area contributed by atoms with Crippen LogP contribution in [0.4, 0.5) is 0 Å². The lowest BCUT2D eigenvalue weighted by Gasteiger charge is -2.45. The molecule has 0 aliphatic carbocycles. The maximum Gasteiger partial charge on any atom is 0.0900 e. The zero-order valence-corrected chi connectivity index (χ0v) is 12.4. The molecular weight excluding hydrogens is 240 g/mol. The summed E-state index contributed by atoms with van der Waals surface area (Å²) in [7, 11) is 0. The van der Waals surface area contributed by atoms with Gasteiger partial charge in [-0.2, -0.15) is 0 Å². The molecule has 2 aliphatic rings. The highest BCUT2D eigenvalue weighted by Crippen LogP contribution is 2.27. The summed E-state index contributed by atoms with van der Waals surface area (Å²) in [6, 6.07) is 0.472. The van der Waals surface area contributed by atoms with E-state index < -0.39 is 5.60 Å². The van der Waals surface area contributed by atoms with Gasteiger partial charge in [-0.1, -0.05) is 13.3 Å². The second-order valence-electron chi connectivity index (χ2n) is 6.33. The van der Waals surface area contributed by atoms with Crippen LogP contribution in [-0.2, 0) is 0 Å². The molecule has 4 nitrogen and oxygen atoms in total. The average molecular weight is 270 g/mol. The van der Waals surface area contributed by atoms with E-state index in [4.69, 9.17) is 0 Å². The largest absolute Gasteiger partial charge is 0.396 e. The van der Waals surface area contributed by atoms with E-state index in [1.807, 2.05) is 0 Å². The SMILES string of the molecule is CCN1CCC[C@](O)(CN2CCCC[C@@H]2CCO)C1. The number of piperidine rings is 2. The second-order valence-corrected chi connectivity index (χ2v) is 6.33. The molecule has 2 saturated heterocycles. The molecule has 2 fully saturated rings. The summed E-state index contributed by atoms with van der Waals surface area (Å²) in [6.45, 7) is 7.27. The molecule has 2 rings (SSSR count). The van der Waals surface area contributed by atoms with E-state index in [2.05, 4.69) is 16.7 Å². The van der Waals surface area contributed by atoms with Crippen LogP contribution >= 0.6 is 0 Å². The predicted octanol–water partition coefficient (Wildman–Crippen LogP) is 1.07. The molecule has 0 aromatic heterocycles. The minimum absolute atomic E-state index is 0.265. The number of rotatable bonds is 5. The highest BCUT2D eigenvalue weighted by Gasteiger charge is 2.36. The zero-order valence-electron chi connectivity index (χ0n) is 12.4. The Kier molecular flexibility index (Phi) is 5.63. The van der Waals surface area contributed by atoms with Crippen molar-refractivity contribution in [2.75, 3.05) is 39.3 Å². The Bertz CT molecular complexity index is 273. The first-order valence-electron chi connectivity index (χ1n) is 7.96. The smallest absolute Gasteiger partial charge is 0.0900 e. The maximum atomic E-state index is 10.9. The van der Waals surface area contributed by atoms with Crippen molar-refractivity contribution >= 4 is 0 Å². The first-order chi connectivity index (χ1) is 9.17. The number of aliphatic hydroxyl groups is 2. The van der Waals surface area contributed by atoms with Crippen LogP contribution in [0, 0.1) is 0 Å². The van der Waals surface area contributed by atoms with Crippen LogP contribution in [0.15, 0.2) is 0 Å². The zero-order chi connectivity index (χ0) is 13.7. The standard InChI is InChI=1S/C15H30N2O2/c1-2-16-9-5-8-15(19,12-16)13-17-10-4-3-6-14(17)7-11-18/h14,18-19H,2-13H2,1H3/t14-,15-/m1/s1. The van der Waals surface area contributed by atoms with Gasteiger partial charge >= 0.3 is 0 Å². The van der Waals surface area contributed by atoms with Crippen molar-refractivity contribution in [3.05, 3.63) is 0 Å². The topological polar surface area (TPSA) is 46.9 Å². The lowest BCUT2D eigenvalue weighted by atomic mass is 9.89. The maximum absolute atomic E-state index is 10.9. The quantitative estimate of drug-likeness (QED) is 0.784. The van der Waals surface area contributed by atoms with Gasteiger partial charge in [-0.15, -0.1) is 0 Å². The predicted molar refractivity (Wildman–Crippen MR) is 77.2 cm³/mol. The number of hydrogen-bond donors (Lipinski definition) is 2. The summed E-state index contributed by atoms with van der Waals surface area (Å²) in [5.74, 6) is 0. The molecule has 0 aromatic rings. The molecule has 0 spiro atoms. The summed E-state index contributed by atoms with van der Waals surface area (Å²) in [6.07, 6.45) is 6.55. The van der Waals surface area contributed by atoms with Gasteiger partial charge in [0.1, 0.15) is 0 Å². The van der Waals surface area contributed by atoms with Gasteiger partial charge in [0.2, 0.25) is 0 Å². The van der Waals surface area contributed by atoms with E-state index in [1.54, 1.807) is 0 Å². The van der Waals surface area contributed by atoms with Crippen molar-refractivity contribution in [3.63, 3.8) is 0 Å². The number of likely N-dealkylation sites (tertiary alicyclic amines) is 2. The summed E-state index contributed by atoms with van der Waals surface area (Å²) >= 11 is 0. The minimum atomic E-state index is -0.542. The van der Waals surface area contributed by atoms with E-state index in [-0.39, 0.29) is 6.61 Å². The molecule has 0 unspecified atom stereocenters. The minimum Gasteiger partial charge on any atom is -0.396 e. The Balaban J connectivity index is 1.93. The van der Waals surface area contributed by atoms with Crippen LogP contribution < -0.4 is 0 Å². The highest BCUT2D eigenvalue weighted by atomic mass is 16.3. The van der Waals surface area contributed by atoms with Crippen LogP contribution in [0.25, 0.3) is 0 Å². The van der Waals surface area contributed by atoms with Gasteiger partial charge < -0.3 is 15.1 Å². The van der Waals surface area contributed by atoms with Crippen molar-refractivity contribution in [2.45, 2.75) is 57.1 Å². The first-order valence-corrected chi connectivity index (χ1v) is 7.96. The van der Waals surface area contributed by atoms with Crippen molar-refractivity contribution in [1.82, 2.24) is 9.80 Å². The number of nitrogens with zero attached hydrogens (tertiary/aromatic N) is 2. The number of aliphatic hydroxyl groups excluding tert-OH is 1. The Morgan fingerprint density at radius 2 is 2.05 bits per heavy atom.